The Hall–Kier alpha value is -2.51. The van der Waals surface area contributed by atoms with Crippen LogP contribution in [0.3, 0.4) is 0 Å². The first-order chi connectivity index (χ1) is 12.6. The average Bonchev–Trinajstić information content (AvgIpc) is 3.31. The van der Waals surface area contributed by atoms with Crippen LogP contribution in [0.15, 0.2) is 46.5 Å². The molecule has 3 rings (SSSR count). The van der Waals surface area contributed by atoms with Gasteiger partial charge in [0.2, 0.25) is 0 Å². The number of hydrogen-bond acceptors (Lipinski definition) is 6. The molecular formula is C19H18N2O3S2. The summed E-state index contributed by atoms with van der Waals surface area (Å²) >= 11 is 2.93. The fraction of sp³-hybridized carbons (Fsp3) is 0.211. The van der Waals surface area contributed by atoms with E-state index in [-0.39, 0.29) is 19.0 Å². The molecule has 5 nitrogen and oxygen atoms in total. The molecule has 0 unspecified atom stereocenters. The van der Waals surface area contributed by atoms with Crippen LogP contribution < -0.4 is 5.32 Å². The van der Waals surface area contributed by atoms with E-state index in [1.807, 2.05) is 53.4 Å². The summed E-state index contributed by atoms with van der Waals surface area (Å²) in [5, 5.41) is 8.99. The molecule has 0 spiro atoms. The minimum absolute atomic E-state index is 0.263. The number of ether oxygens (including phenoxy) is 1. The molecule has 134 valence electrons. The normalized spacial score (nSPS) is 10.5. The topological polar surface area (TPSA) is 68.3 Å². The van der Waals surface area contributed by atoms with Crippen molar-refractivity contribution in [3.05, 3.63) is 57.6 Å². The Morgan fingerprint density at radius 3 is 2.69 bits per heavy atom. The third-order valence-electron chi connectivity index (χ3n) is 3.66. The molecule has 0 aliphatic heterocycles. The van der Waals surface area contributed by atoms with Crippen LogP contribution in [0.1, 0.15) is 17.5 Å². The van der Waals surface area contributed by atoms with Crippen molar-refractivity contribution in [2.24, 2.45) is 0 Å². The molecule has 1 N–H and O–H groups in total. The van der Waals surface area contributed by atoms with Gasteiger partial charge in [-0.3, -0.25) is 14.9 Å². The third kappa shape index (κ3) is 5.24. The van der Waals surface area contributed by atoms with Crippen LogP contribution in [0, 0.1) is 6.92 Å². The first kappa shape index (κ1) is 18.3. The van der Waals surface area contributed by atoms with Crippen LogP contribution in [0.25, 0.3) is 11.3 Å². The number of aryl methyl sites for hydroxylation is 2. The van der Waals surface area contributed by atoms with E-state index < -0.39 is 5.91 Å². The number of rotatable bonds is 7. The summed E-state index contributed by atoms with van der Waals surface area (Å²) in [6, 6.07) is 9.99. The Morgan fingerprint density at radius 1 is 1.15 bits per heavy atom. The lowest BCUT2D eigenvalue weighted by Crippen LogP contribution is -2.20. The Labute approximate surface area is 159 Å². The van der Waals surface area contributed by atoms with Gasteiger partial charge in [-0.15, -0.1) is 11.3 Å². The Balaban J connectivity index is 1.44. The number of carbonyl (C=O) groups excluding carboxylic acids is 2. The number of aromatic nitrogens is 1. The molecular weight excluding hydrogens is 368 g/mol. The lowest BCUT2D eigenvalue weighted by Gasteiger charge is -2.04. The Morgan fingerprint density at radius 2 is 1.96 bits per heavy atom. The smallest absolute Gasteiger partial charge is 0.306 e. The van der Waals surface area contributed by atoms with Gasteiger partial charge in [-0.2, -0.15) is 11.3 Å². The van der Waals surface area contributed by atoms with Crippen molar-refractivity contribution < 1.29 is 14.3 Å². The van der Waals surface area contributed by atoms with E-state index in [0.717, 1.165) is 16.8 Å². The molecule has 0 saturated heterocycles. The zero-order valence-electron chi connectivity index (χ0n) is 14.2. The van der Waals surface area contributed by atoms with Gasteiger partial charge in [0, 0.05) is 17.4 Å². The summed E-state index contributed by atoms with van der Waals surface area (Å²) in [4.78, 5) is 28.0. The third-order valence-corrected chi connectivity index (χ3v) is 5.15. The van der Waals surface area contributed by atoms with E-state index in [2.05, 4.69) is 10.3 Å². The highest BCUT2D eigenvalue weighted by Crippen LogP contribution is 2.25. The maximum Gasteiger partial charge on any atom is 0.306 e. The van der Waals surface area contributed by atoms with Gasteiger partial charge in [0.1, 0.15) is 0 Å². The molecule has 1 aromatic carbocycles. The number of carbonyl (C=O) groups is 2. The quantitative estimate of drug-likeness (QED) is 0.615. The number of thiazole rings is 1. The van der Waals surface area contributed by atoms with Crippen molar-refractivity contribution in [3.63, 3.8) is 0 Å². The van der Waals surface area contributed by atoms with Crippen molar-refractivity contribution in [2.75, 3.05) is 11.9 Å². The number of esters is 1. The number of nitrogens with one attached hydrogen (secondary N) is 1. The van der Waals surface area contributed by atoms with Crippen molar-refractivity contribution in [3.8, 4) is 11.3 Å². The van der Waals surface area contributed by atoms with Crippen molar-refractivity contribution >= 4 is 39.7 Å². The molecule has 0 saturated carbocycles. The molecule has 7 heteroatoms. The van der Waals surface area contributed by atoms with Crippen LogP contribution in [-0.4, -0.2) is 23.5 Å². The van der Waals surface area contributed by atoms with E-state index in [1.54, 1.807) is 11.3 Å². The van der Waals surface area contributed by atoms with Gasteiger partial charge in [-0.05, 0) is 35.7 Å². The van der Waals surface area contributed by atoms with Gasteiger partial charge >= 0.3 is 5.97 Å². The summed E-state index contributed by atoms with van der Waals surface area (Å²) in [7, 11) is 0. The van der Waals surface area contributed by atoms with E-state index in [4.69, 9.17) is 4.74 Å². The lowest BCUT2D eigenvalue weighted by atomic mass is 10.1. The second-order valence-electron chi connectivity index (χ2n) is 5.74. The van der Waals surface area contributed by atoms with E-state index >= 15 is 0 Å². The first-order valence-electron chi connectivity index (χ1n) is 8.09. The average molecular weight is 386 g/mol. The van der Waals surface area contributed by atoms with Crippen molar-refractivity contribution in [2.45, 2.75) is 19.8 Å². The van der Waals surface area contributed by atoms with Gasteiger partial charge < -0.3 is 4.74 Å². The maximum absolute atomic E-state index is 11.9. The Bertz CT molecular complexity index is 871. The minimum Gasteiger partial charge on any atom is -0.456 e. The number of hydrogen-bond donors (Lipinski definition) is 1. The molecule has 0 aliphatic rings. The Kier molecular flexibility index (Phi) is 6.14. The van der Waals surface area contributed by atoms with Crippen LogP contribution in [0.2, 0.25) is 0 Å². The summed E-state index contributed by atoms with van der Waals surface area (Å²) in [6.07, 6.45) is 0.884. The fourth-order valence-corrected chi connectivity index (χ4v) is 3.68. The van der Waals surface area contributed by atoms with Gasteiger partial charge in [-0.25, -0.2) is 4.98 Å². The fourth-order valence-electron chi connectivity index (χ4n) is 2.24. The lowest BCUT2D eigenvalue weighted by molar-refractivity contribution is -0.147. The molecule has 0 atom stereocenters. The summed E-state index contributed by atoms with van der Waals surface area (Å²) in [6.45, 7) is 1.72. The van der Waals surface area contributed by atoms with Crippen molar-refractivity contribution in [1.82, 2.24) is 4.98 Å². The second-order valence-corrected chi connectivity index (χ2v) is 7.38. The standard InChI is InChI=1S/C19H18N2O3S2/c1-13-2-5-15(6-3-13)16-12-26-19(20-16)21-17(22)10-24-18(23)7-4-14-8-9-25-11-14/h2-3,5-6,8-9,11-12H,4,7,10H2,1H3,(H,20,21,22). The maximum atomic E-state index is 11.9. The first-order valence-corrected chi connectivity index (χ1v) is 9.91. The van der Waals surface area contributed by atoms with E-state index in [9.17, 15) is 9.59 Å². The second kappa shape index (κ2) is 8.73. The number of benzene rings is 1. The molecule has 26 heavy (non-hydrogen) atoms. The molecule has 2 aromatic heterocycles. The highest BCUT2D eigenvalue weighted by Gasteiger charge is 2.11. The zero-order valence-corrected chi connectivity index (χ0v) is 15.9. The SMILES string of the molecule is Cc1ccc(-c2csc(NC(=O)COC(=O)CCc3ccsc3)n2)cc1. The number of nitrogens with zero attached hydrogens (tertiary/aromatic N) is 1. The monoisotopic (exact) mass is 386 g/mol. The zero-order chi connectivity index (χ0) is 18.4. The van der Waals surface area contributed by atoms with Crippen LogP contribution >= 0.6 is 22.7 Å². The minimum atomic E-state index is -0.390. The molecule has 0 bridgehead atoms. The van der Waals surface area contributed by atoms with E-state index in [1.165, 1.54) is 16.9 Å². The van der Waals surface area contributed by atoms with Gasteiger partial charge in [0.05, 0.1) is 5.69 Å². The summed E-state index contributed by atoms with van der Waals surface area (Å²) in [5.74, 6) is -0.774. The molecule has 0 aliphatic carbocycles. The van der Waals surface area contributed by atoms with Crippen LogP contribution in [-0.2, 0) is 20.7 Å². The molecule has 0 fully saturated rings. The van der Waals surface area contributed by atoms with Gasteiger partial charge in [0.25, 0.3) is 5.91 Å². The van der Waals surface area contributed by atoms with Crippen molar-refractivity contribution in [1.29, 1.82) is 0 Å². The molecule has 2 heterocycles. The number of thiophene rings is 1. The summed E-state index contributed by atoms with van der Waals surface area (Å²) < 4.78 is 5.01. The summed E-state index contributed by atoms with van der Waals surface area (Å²) in [5.41, 5.74) is 4.08. The number of anilines is 1. The predicted molar refractivity (Wildman–Crippen MR) is 105 cm³/mol. The highest BCUT2D eigenvalue weighted by atomic mass is 32.1. The van der Waals surface area contributed by atoms with Gasteiger partial charge in [-0.1, -0.05) is 29.8 Å². The molecule has 1 amide bonds. The van der Waals surface area contributed by atoms with E-state index in [0.29, 0.717) is 11.6 Å². The molecule has 0 radical (unpaired) electrons. The van der Waals surface area contributed by atoms with Gasteiger partial charge in [0.15, 0.2) is 11.7 Å². The largest absolute Gasteiger partial charge is 0.456 e. The highest BCUT2D eigenvalue weighted by molar-refractivity contribution is 7.14. The van der Waals surface area contributed by atoms with Crippen LogP contribution in [0.4, 0.5) is 5.13 Å². The number of amides is 1. The van der Waals surface area contributed by atoms with Crippen LogP contribution in [0.5, 0.6) is 0 Å². The predicted octanol–water partition coefficient (Wildman–Crippen LogP) is 4.29. The molecule has 3 aromatic rings.